The molecular formula is C16H15N5OS2. The fourth-order valence-corrected chi connectivity index (χ4v) is 4.26. The van der Waals surface area contributed by atoms with Crippen LogP contribution in [-0.2, 0) is 24.8 Å². The van der Waals surface area contributed by atoms with Gasteiger partial charge in [-0.2, -0.15) is 10.1 Å². The summed E-state index contributed by atoms with van der Waals surface area (Å²) in [6.45, 7) is 0.728. The number of imidazole rings is 1. The number of thiazole rings is 1. The molecule has 1 atom stereocenters. The molecule has 24 heavy (non-hydrogen) atoms. The highest BCUT2D eigenvalue weighted by atomic mass is 32.2. The molecule has 6 nitrogen and oxygen atoms in total. The smallest absolute Gasteiger partial charge is 0.302 e. The molecule has 0 aliphatic heterocycles. The van der Waals surface area contributed by atoms with Crippen molar-refractivity contribution in [2.24, 2.45) is 7.05 Å². The minimum atomic E-state index is -1.04. The second-order valence-electron chi connectivity index (χ2n) is 5.57. The lowest BCUT2D eigenvalue weighted by atomic mass is 10.2. The molecule has 0 N–H and O–H groups in total. The van der Waals surface area contributed by atoms with Crippen LogP contribution in [0, 0.1) is 0 Å². The number of fused-ring (bicyclic) bond motifs is 1. The Labute approximate surface area is 146 Å². The van der Waals surface area contributed by atoms with Crippen molar-refractivity contribution in [1.82, 2.24) is 24.3 Å². The van der Waals surface area contributed by atoms with Crippen molar-refractivity contribution >= 4 is 32.7 Å². The number of aryl methyl sites for hydroxylation is 1. The van der Waals surface area contributed by atoms with Gasteiger partial charge in [-0.15, -0.1) is 0 Å². The Hall–Kier alpha value is -2.16. The fourth-order valence-electron chi connectivity index (χ4n) is 2.53. The summed E-state index contributed by atoms with van der Waals surface area (Å²) in [7, 11) is 1.89. The Morgan fingerprint density at radius 2 is 2.17 bits per heavy atom. The van der Waals surface area contributed by atoms with Gasteiger partial charge >= 0.3 is 4.34 Å². The SMILES string of the molecule is Cn1cc(-c2cn(Cc3ccc4nc([S+](C)[O-])sc4c3)cn2)cn1. The molecule has 0 saturated heterocycles. The number of hydrogen-bond donors (Lipinski definition) is 0. The molecule has 122 valence electrons. The summed E-state index contributed by atoms with van der Waals surface area (Å²) in [6, 6.07) is 6.14. The van der Waals surface area contributed by atoms with Crippen molar-refractivity contribution in [2.75, 3.05) is 6.26 Å². The molecular weight excluding hydrogens is 342 g/mol. The Morgan fingerprint density at radius 3 is 2.92 bits per heavy atom. The molecule has 1 aromatic carbocycles. The maximum atomic E-state index is 11.6. The summed E-state index contributed by atoms with van der Waals surface area (Å²) in [6.07, 6.45) is 9.25. The zero-order valence-electron chi connectivity index (χ0n) is 13.2. The average molecular weight is 357 g/mol. The van der Waals surface area contributed by atoms with E-state index in [1.807, 2.05) is 48.7 Å². The van der Waals surface area contributed by atoms with E-state index in [1.165, 1.54) is 11.3 Å². The molecule has 0 aliphatic rings. The van der Waals surface area contributed by atoms with E-state index in [1.54, 1.807) is 10.9 Å². The monoisotopic (exact) mass is 357 g/mol. The van der Waals surface area contributed by atoms with Crippen molar-refractivity contribution < 1.29 is 4.55 Å². The Morgan fingerprint density at radius 1 is 1.29 bits per heavy atom. The summed E-state index contributed by atoms with van der Waals surface area (Å²) in [5.41, 5.74) is 3.97. The largest absolute Gasteiger partial charge is 0.610 e. The van der Waals surface area contributed by atoms with E-state index < -0.39 is 11.2 Å². The molecule has 0 bridgehead atoms. The first kappa shape index (κ1) is 15.4. The van der Waals surface area contributed by atoms with Gasteiger partial charge < -0.3 is 9.12 Å². The maximum Gasteiger partial charge on any atom is 0.302 e. The minimum Gasteiger partial charge on any atom is -0.610 e. The number of benzene rings is 1. The lowest BCUT2D eigenvalue weighted by molar-refractivity contribution is 0.600. The van der Waals surface area contributed by atoms with E-state index in [-0.39, 0.29) is 0 Å². The lowest BCUT2D eigenvalue weighted by Crippen LogP contribution is -1.95. The second kappa shape index (κ2) is 6.04. The molecule has 0 amide bonds. The molecule has 4 rings (SSSR count). The van der Waals surface area contributed by atoms with Crippen molar-refractivity contribution in [1.29, 1.82) is 0 Å². The van der Waals surface area contributed by atoms with Gasteiger partial charge in [0, 0.05) is 42.7 Å². The van der Waals surface area contributed by atoms with Gasteiger partial charge in [-0.1, -0.05) is 17.4 Å². The van der Waals surface area contributed by atoms with Gasteiger partial charge in [-0.05, 0) is 17.7 Å². The maximum absolute atomic E-state index is 11.6. The molecule has 0 aliphatic carbocycles. The lowest BCUT2D eigenvalue weighted by Gasteiger charge is -2.02. The summed E-state index contributed by atoms with van der Waals surface area (Å²) in [5, 5.41) is 4.17. The van der Waals surface area contributed by atoms with E-state index in [0.29, 0.717) is 4.34 Å². The third kappa shape index (κ3) is 2.95. The quantitative estimate of drug-likeness (QED) is 0.527. The number of aromatic nitrogens is 5. The minimum absolute atomic E-state index is 0.670. The number of nitrogens with zero attached hydrogens (tertiary/aromatic N) is 5. The highest BCUT2D eigenvalue weighted by Crippen LogP contribution is 2.26. The van der Waals surface area contributed by atoms with Crippen LogP contribution in [0.25, 0.3) is 21.5 Å². The van der Waals surface area contributed by atoms with Crippen LogP contribution in [0.3, 0.4) is 0 Å². The Kier molecular flexibility index (Phi) is 3.87. The van der Waals surface area contributed by atoms with Crippen LogP contribution in [0.1, 0.15) is 5.56 Å². The predicted octanol–water partition coefficient (Wildman–Crippen LogP) is 2.68. The van der Waals surface area contributed by atoms with E-state index in [9.17, 15) is 4.55 Å². The Bertz CT molecular complexity index is 1000. The average Bonchev–Trinajstić information content (AvgIpc) is 3.25. The highest BCUT2D eigenvalue weighted by molar-refractivity contribution is 7.92. The van der Waals surface area contributed by atoms with E-state index in [4.69, 9.17) is 0 Å². The molecule has 0 saturated carbocycles. The molecule has 0 radical (unpaired) electrons. The van der Waals surface area contributed by atoms with Crippen molar-refractivity contribution in [3.63, 3.8) is 0 Å². The van der Waals surface area contributed by atoms with Crippen molar-refractivity contribution in [3.05, 3.63) is 48.7 Å². The third-order valence-corrected chi connectivity index (χ3v) is 6.03. The zero-order chi connectivity index (χ0) is 16.7. The van der Waals surface area contributed by atoms with E-state index in [0.717, 1.165) is 33.6 Å². The van der Waals surface area contributed by atoms with Crippen LogP contribution in [0.2, 0.25) is 0 Å². The molecule has 0 fully saturated rings. The van der Waals surface area contributed by atoms with Gasteiger partial charge in [0.2, 0.25) is 0 Å². The third-order valence-electron chi connectivity index (χ3n) is 3.68. The molecule has 0 spiro atoms. The van der Waals surface area contributed by atoms with Gasteiger partial charge in [-0.3, -0.25) is 4.68 Å². The van der Waals surface area contributed by atoms with Gasteiger partial charge in [-0.25, -0.2) is 4.98 Å². The van der Waals surface area contributed by atoms with Crippen LogP contribution in [0.4, 0.5) is 0 Å². The Balaban J connectivity index is 1.59. The van der Waals surface area contributed by atoms with Crippen LogP contribution in [0.15, 0.2) is 47.5 Å². The molecule has 3 aromatic heterocycles. The zero-order valence-corrected chi connectivity index (χ0v) is 14.8. The van der Waals surface area contributed by atoms with Gasteiger partial charge in [0.25, 0.3) is 0 Å². The first-order valence-electron chi connectivity index (χ1n) is 7.32. The first-order valence-corrected chi connectivity index (χ1v) is 9.69. The van der Waals surface area contributed by atoms with Gasteiger partial charge in [0.15, 0.2) is 0 Å². The fraction of sp³-hybridized carbons (Fsp3) is 0.188. The molecule has 1 unspecified atom stereocenters. The molecule has 4 aromatic rings. The van der Waals surface area contributed by atoms with E-state index in [2.05, 4.69) is 21.1 Å². The predicted molar refractivity (Wildman–Crippen MR) is 95.5 cm³/mol. The van der Waals surface area contributed by atoms with Crippen LogP contribution in [-0.4, -0.2) is 35.1 Å². The van der Waals surface area contributed by atoms with Gasteiger partial charge in [0.1, 0.15) is 6.26 Å². The number of hydrogen-bond acceptors (Lipinski definition) is 5. The second-order valence-corrected chi connectivity index (χ2v) is 8.15. The van der Waals surface area contributed by atoms with Crippen LogP contribution >= 0.6 is 11.3 Å². The summed E-state index contributed by atoms with van der Waals surface area (Å²) < 4.78 is 17.1. The van der Waals surface area contributed by atoms with Crippen LogP contribution < -0.4 is 0 Å². The highest BCUT2D eigenvalue weighted by Gasteiger charge is 2.12. The first-order chi connectivity index (χ1) is 11.6. The van der Waals surface area contributed by atoms with Crippen molar-refractivity contribution in [3.8, 4) is 11.3 Å². The normalized spacial score (nSPS) is 12.8. The topological polar surface area (TPSA) is 71.6 Å². The number of rotatable bonds is 4. The summed E-state index contributed by atoms with van der Waals surface area (Å²) >= 11 is 0.450. The van der Waals surface area contributed by atoms with Crippen molar-refractivity contribution in [2.45, 2.75) is 10.9 Å². The van der Waals surface area contributed by atoms with Gasteiger partial charge in [0.05, 0.1) is 28.4 Å². The molecule has 3 heterocycles. The molecule has 8 heteroatoms. The standard InChI is InChI=1S/C16H15N5OS2/c1-20-8-12(6-18-20)14-9-21(10-17-14)7-11-3-4-13-15(5-11)23-16(19-13)24(2)22/h3-6,8-10H,7H2,1-2H3. The van der Waals surface area contributed by atoms with E-state index >= 15 is 0 Å². The van der Waals surface area contributed by atoms with Crippen LogP contribution in [0.5, 0.6) is 0 Å². The summed E-state index contributed by atoms with van der Waals surface area (Å²) in [4.78, 5) is 8.84. The summed E-state index contributed by atoms with van der Waals surface area (Å²) in [5.74, 6) is 0.